The van der Waals surface area contributed by atoms with E-state index in [2.05, 4.69) is 0 Å². The van der Waals surface area contributed by atoms with Gasteiger partial charge in [-0.25, -0.2) is 0 Å². The van der Waals surface area contributed by atoms with E-state index in [1.807, 2.05) is 29.2 Å². The zero-order valence-corrected chi connectivity index (χ0v) is 12.2. The van der Waals surface area contributed by atoms with Crippen molar-refractivity contribution in [3.05, 3.63) is 34.9 Å². The number of rotatable bonds is 5. The van der Waals surface area contributed by atoms with Crippen LogP contribution in [0.5, 0.6) is 0 Å². The average molecular weight is 298 g/mol. The molecule has 1 atom stereocenters. The van der Waals surface area contributed by atoms with Gasteiger partial charge in [0.15, 0.2) is 0 Å². The lowest BCUT2D eigenvalue weighted by Gasteiger charge is -2.33. The minimum atomic E-state index is -0.0807. The summed E-state index contributed by atoms with van der Waals surface area (Å²) in [6, 6.07) is 7.55. The lowest BCUT2D eigenvalue weighted by Crippen LogP contribution is -2.42. The molecule has 0 aromatic heterocycles. The Bertz CT molecular complexity index is 435. The summed E-state index contributed by atoms with van der Waals surface area (Å²) in [6.07, 6.45) is 1.82. The van der Waals surface area contributed by atoms with Crippen LogP contribution in [0.25, 0.3) is 0 Å². The van der Waals surface area contributed by atoms with Crippen LogP contribution in [0.15, 0.2) is 24.3 Å². The van der Waals surface area contributed by atoms with Gasteiger partial charge < -0.3 is 14.7 Å². The highest BCUT2D eigenvalue weighted by Crippen LogP contribution is 2.24. The quantitative estimate of drug-likeness (QED) is 0.849. The highest BCUT2D eigenvalue weighted by molar-refractivity contribution is 6.30. The predicted octanol–water partition coefficient (Wildman–Crippen LogP) is 2.40. The molecule has 1 N–H and O–H groups in total. The van der Waals surface area contributed by atoms with Crippen LogP contribution in [0.3, 0.4) is 0 Å². The molecule has 1 unspecified atom stereocenters. The fraction of sp³-hybridized carbons (Fsp3) is 0.533. The number of carbonyl (C=O) groups is 1. The second-order valence-corrected chi connectivity index (χ2v) is 5.37. The Morgan fingerprint density at radius 1 is 1.35 bits per heavy atom. The molecule has 1 aromatic rings. The summed E-state index contributed by atoms with van der Waals surface area (Å²) in [7, 11) is 0. The maximum Gasteiger partial charge on any atom is 0.222 e. The topological polar surface area (TPSA) is 49.8 Å². The van der Waals surface area contributed by atoms with Crippen molar-refractivity contribution >= 4 is 17.5 Å². The molecule has 20 heavy (non-hydrogen) atoms. The molecule has 2 rings (SSSR count). The van der Waals surface area contributed by atoms with Crippen LogP contribution in [0.4, 0.5) is 0 Å². The van der Waals surface area contributed by atoms with Crippen molar-refractivity contribution in [3.63, 3.8) is 0 Å². The van der Waals surface area contributed by atoms with E-state index in [0.29, 0.717) is 37.6 Å². The molecule has 1 aromatic carbocycles. The molecule has 0 spiro atoms. The summed E-state index contributed by atoms with van der Waals surface area (Å²) in [4.78, 5) is 13.9. The van der Waals surface area contributed by atoms with Crippen LogP contribution in [0, 0.1) is 0 Å². The number of unbranched alkanes of at least 4 members (excludes halogenated alkanes) is 1. The van der Waals surface area contributed by atoms with Gasteiger partial charge in [-0.05, 0) is 30.5 Å². The predicted molar refractivity (Wildman–Crippen MR) is 77.7 cm³/mol. The van der Waals surface area contributed by atoms with Gasteiger partial charge in [0.1, 0.15) is 6.10 Å². The van der Waals surface area contributed by atoms with Gasteiger partial charge in [-0.3, -0.25) is 4.79 Å². The smallest absolute Gasteiger partial charge is 0.222 e. The van der Waals surface area contributed by atoms with Crippen molar-refractivity contribution in [2.75, 3.05) is 26.3 Å². The van der Waals surface area contributed by atoms with E-state index in [-0.39, 0.29) is 18.6 Å². The van der Waals surface area contributed by atoms with E-state index in [1.165, 1.54) is 0 Å². The molecule has 1 aliphatic heterocycles. The second kappa shape index (κ2) is 7.62. The number of nitrogens with zero attached hydrogens (tertiary/aromatic N) is 1. The molecule has 5 heteroatoms. The first-order valence-electron chi connectivity index (χ1n) is 6.96. The fourth-order valence-electron chi connectivity index (χ4n) is 2.30. The largest absolute Gasteiger partial charge is 0.396 e. The van der Waals surface area contributed by atoms with Crippen LogP contribution in [-0.2, 0) is 9.53 Å². The van der Waals surface area contributed by atoms with E-state index in [4.69, 9.17) is 21.4 Å². The Kier molecular flexibility index (Phi) is 5.83. The number of benzene rings is 1. The molecule has 1 aliphatic rings. The number of carbonyl (C=O) groups excluding carboxylic acids is 1. The summed E-state index contributed by atoms with van der Waals surface area (Å²) in [5.41, 5.74) is 1.04. The summed E-state index contributed by atoms with van der Waals surface area (Å²) in [5.74, 6) is 0.140. The summed E-state index contributed by atoms with van der Waals surface area (Å²) in [6.45, 7) is 1.92. The molecule has 0 saturated carbocycles. The van der Waals surface area contributed by atoms with Crippen LogP contribution in [0.2, 0.25) is 5.02 Å². The molecule has 1 heterocycles. The fourth-order valence-corrected chi connectivity index (χ4v) is 2.43. The molecular formula is C15H20ClNO3. The van der Waals surface area contributed by atoms with Gasteiger partial charge in [-0.15, -0.1) is 0 Å². The number of morpholine rings is 1. The normalized spacial score (nSPS) is 19.1. The van der Waals surface area contributed by atoms with Crippen LogP contribution >= 0.6 is 11.6 Å². The van der Waals surface area contributed by atoms with Gasteiger partial charge in [0, 0.05) is 24.6 Å². The summed E-state index contributed by atoms with van der Waals surface area (Å²) >= 11 is 5.87. The van der Waals surface area contributed by atoms with Crippen LogP contribution in [-0.4, -0.2) is 42.2 Å². The average Bonchev–Trinajstić information content (AvgIpc) is 2.48. The number of aliphatic hydroxyl groups is 1. The molecule has 1 fully saturated rings. The summed E-state index contributed by atoms with van der Waals surface area (Å²) < 4.78 is 5.73. The monoisotopic (exact) mass is 297 g/mol. The number of amides is 1. The van der Waals surface area contributed by atoms with Gasteiger partial charge in [0.05, 0.1) is 13.2 Å². The number of hydrogen-bond donors (Lipinski definition) is 1. The third-order valence-electron chi connectivity index (χ3n) is 3.46. The van der Waals surface area contributed by atoms with Gasteiger partial charge in [-0.2, -0.15) is 0 Å². The van der Waals surface area contributed by atoms with E-state index in [1.54, 1.807) is 0 Å². The third-order valence-corrected chi connectivity index (χ3v) is 3.71. The zero-order valence-electron chi connectivity index (χ0n) is 11.4. The van der Waals surface area contributed by atoms with Crippen LogP contribution in [0.1, 0.15) is 30.9 Å². The standard InChI is InChI=1S/C15H20ClNO3/c16-13-6-4-12(5-7-13)14-11-17(8-10-20-14)15(19)3-1-2-9-18/h4-7,14,18H,1-3,8-11H2. The van der Waals surface area contributed by atoms with Crippen molar-refractivity contribution in [2.24, 2.45) is 0 Å². The van der Waals surface area contributed by atoms with Crippen LogP contribution < -0.4 is 0 Å². The Morgan fingerprint density at radius 3 is 2.80 bits per heavy atom. The van der Waals surface area contributed by atoms with E-state index >= 15 is 0 Å². The minimum Gasteiger partial charge on any atom is -0.396 e. The third kappa shape index (κ3) is 4.20. The van der Waals surface area contributed by atoms with Gasteiger partial charge in [0.2, 0.25) is 5.91 Å². The lowest BCUT2D eigenvalue weighted by molar-refractivity contribution is -0.139. The molecule has 0 radical (unpaired) electrons. The maximum absolute atomic E-state index is 12.1. The van der Waals surface area contributed by atoms with E-state index < -0.39 is 0 Å². The van der Waals surface area contributed by atoms with Crippen molar-refractivity contribution in [1.82, 2.24) is 4.90 Å². The van der Waals surface area contributed by atoms with E-state index in [9.17, 15) is 4.79 Å². The SMILES string of the molecule is O=C(CCCCO)N1CCOC(c2ccc(Cl)cc2)C1. The molecule has 0 bridgehead atoms. The number of ether oxygens (including phenoxy) is 1. The Balaban J connectivity index is 1.91. The highest BCUT2D eigenvalue weighted by Gasteiger charge is 2.24. The van der Waals surface area contributed by atoms with Gasteiger partial charge in [-0.1, -0.05) is 23.7 Å². The first-order valence-corrected chi connectivity index (χ1v) is 7.34. The Morgan fingerprint density at radius 2 is 2.10 bits per heavy atom. The molecule has 110 valence electrons. The molecular weight excluding hydrogens is 278 g/mol. The molecule has 0 aliphatic carbocycles. The van der Waals surface area contributed by atoms with Gasteiger partial charge >= 0.3 is 0 Å². The summed E-state index contributed by atoms with van der Waals surface area (Å²) in [5, 5.41) is 9.44. The van der Waals surface area contributed by atoms with Crippen molar-refractivity contribution in [1.29, 1.82) is 0 Å². The Hall–Kier alpha value is -1.10. The van der Waals surface area contributed by atoms with Crippen molar-refractivity contribution in [2.45, 2.75) is 25.4 Å². The number of hydrogen-bond acceptors (Lipinski definition) is 3. The van der Waals surface area contributed by atoms with Crippen molar-refractivity contribution < 1.29 is 14.6 Å². The number of aliphatic hydroxyl groups excluding tert-OH is 1. The maximum atomic E-state index is 12.1. The van der Waals surface area contributed by atoms with Crippen molar-refractivity contribution in [3.8, 4) is 0 Å². The minimum absolute atomic E-state index is 0.0807. The Labute approximate surface area is 124 Å². The molecule has 4 nitrogen and oxygen atoms in total. The second-order valence-electron chi connectivity index (χ2n) is 4.93. The first-order chi connectivity index (χ1) is 9.70. The highest BCUT2D eigenvalue weighted by atomic mass is 35.5. The van der Waals surface area contributed by atoms with Gasteiger partial charge in [0.25, 0.3) is 0 Å². The molecule has 1 saturated heterocycles. The molecule has 1 amide bonds. The zero-order chi connectivity index (χ0) is 14.4. The number of halogens is 1. The van der Waals surface area contributed by atoms with E-state index in [0.717, 1.165) is 12.0 Å². The first kappa shape index (κ1) is 15.3. The lowest BCUT2D eigenvalue weighted by atomic mass is 10.1.